The molecule has 0 amide bonds. The van der Waals surface area contributed by atoms with Gasteiger partial charge in [0.05, 0.1) is 35.4 Å². The molecule has 1 atom stereocenters. The van der Waals surface area contributed by atoms with E-state index < -0.39 is 5.97 Å². The van der Waals surface area contributed by atoms with Crippen molar-refractivity contribution in [3.63, 3.8) is 0 Å². The maximum absolute atomic E-state index is 13.1. The molecule has 188 valence electrons. The molecule has 0 saturated carbocycles. The average molecular weight is 498 g/mol. The SMILES string of the molecule is COc1ccc(N=C/C(=C\N)c2cc(=O)c3cc(C)cc(C(C)Nc4ccccc4C(=O)O)c3o2)cc1. The van der Waals surface area contributed by atoms with E-state index in [1.54, 1.807) is 55.6 Å². The molecule has 0 spiro atoms. The predicted octanol–water partition coefficient (Wildman–Crippen LogP) is 5.68. The van der Waals surface area contributed by atoms with Crippen LogP contribution < -0.4 is 21.2 Å². The molecule has 0 aliphatic rings. The van der Waals surface area contributed by atoms with E-state index >= 15 is 0 Å². The number of nitrogens with zero attached hydrogens (tertiary/aromatic N) is 1. The van der Waals surface area contributed by atoms with Gasteiger partial charge in [0, 0.05) is 29.7 Å². The number of fused-ring (bicyclic) bond motifs is 1. The van der Waals surface area contributed by atoms with E-state index in [0.717, 1.165) is 5.56 Å². The molecule has 1 aromatic heterocycles. The molecule has 1 unspecified atom stereocenters. The third-order valence-electron chi connectivity index (χ3n) is 5.89. The van der Waals surface area contributed by atoms with Crippen LogP contribution in [-0.2, 0) is 0 Å². The molecule has 3 aromatic carbocycles. The molecular formula is C29H27N3O5. The van der Waals surface area contributed by atoms with E-state index in [9.17, 15) is 14.7 Å². The summed E-state index contributed by atoms with van der Waals surface area (Å²) < 4.78 is 11.4. The highest BCUT2D eigenvalue weighted by Crippen LogP contribution is 2.30. The highest BCUT2D eigenvalue weighted by Gasteiger charge is 2.18. The number of carboxylic acid groups (broad SMARTS) is 1. The van der Waals surface area contributed by atoms with Gasteiger partial charge in [-0.2, -0.15) is 0 Å². The smallest absolute Gasteiger partial charge is 0.337 e. The summed E-state index contributed by atoms with van der Waals surface area (Å²) in [5.74, 6) is -0.0572. The Bertz CT molecular complexity index is 1570. The Morgan fingerprint density at radius 1 is 1.14 bits per heavy atom. The minimum Gasteiger partial charge on any atom is -0.497 e. The lowest BCUT2D eigenvalue weighted by molar-refractivity contribution is 0.0698. The second kappa shape index (κ2) is 10.8. The maximum atomic E-state index is 13.1. The number of benzene rings is 3. The first-order chi connectivity index (χ1) is 17.8. The molecule has 8 nitrogen and oxygen atoms in total. The lowest BCUT2D eigenvalue weighted by Crippen LogP contribution is -2.13. The zero-order valence-electron chi connectivity index (χ0n) is 20.7. The van der Waals surface area contributed by atoms with Crippen molar-refractivity contribution in [1.82, 2.24) is 0 Å². The van der Waals surface area contributed by atoms with Crippen molar-refractivity contribution in [2.75, 3.05) is 12.4 Å². The number of aliphatic imine (C=N–C) groups is 1. The molecule has 0 saturated heterocycles. The van der Waals surface area contributed by atoms with Gasteiger partial charge in [-0.3, -0.25) is 9.79 Å². The van der Waals surface area contributed by atoms with Crippen molar-refractivity contribution in [2.45, 2.75) is 19.9 Å². The fourth-order valence-corrected chi connectivity index (χ4v) is 4.01. The van der Waals surface area contributed by atoms with Crippen LogP contribution in [0.15, 0.2) is 87.1 Å². The summed E-state index contributed by atoms with van der Waals surface area (Å²) in [6, 6.07) is 18.5. The molecule has 37 heavy (non-hydrogen) atoms. The van der Waals surface area contributed by atoms with Crippen LogP contribution in [0.5, 0.6) is 5.75 Å². The van der Waals surface area contributed by atoms with Crippen molar-refractivity contribution in [1.29, 1.82) is 0 Å². The van der Waals surface area contributed by atoms with Crippen LogP contribution in [0.4, 0.5) is 11.4 Å². The van der Waals surface area contributed by atoms with Crippen LogP contribution in [0, 0.1) is 6.92 Å². The number of ether oxygens (including phenoxy) is 1. The minimum absolute atomic E-state index is 0.150. The Labute approximate surface area is 213 Å². The van der Waals surface area contributed by atoms with Gasteiger partial charge in [0.1, 0.15) is 17.1 Å². The third-order valence-corrected chi connectivity index (χ3v) is 5.89. The number of hydrogen-bond acceptors (Lipinski definition) is 7. The van der Waals surface area contributed by atoms with Gasteiger partial charge in [-0.1, -0.05) is 18.2 Å². The van der Waals surface area contributed by atoms with Gasteiger partial charge >= 0.3 is 5.97 Å². The molecule has 4 rings (SSSR count). The first kappa shape index (κ1) is 25.2. The molecule has 0 aliphatic carbocycles. The van der Waals surface area contributed by atoms with Crippen molar-refractivity contribution in [3.8, 4) is 5.75 Å². The Morgan fingerprint density at radius 2 is 1.86 bits per heavy atom. The maximum Gasteiger partial charge on any atom is 0.337 e. The number of carboxylic acids is 1. The first-order valence-corrected chi connectivity index (χ1v) is 11.6. The highest BCUT2D eigenvalue weighted by molar-refractivity contribution is 6.09. The number of para-hydroxylation sites is 1. The number of allylic oxidation sites excluding steroid dienone is 1. The van der Waals surface area contributed by atoms with Crippen molar-refractivity contribution in [3.05, 3.63) is 106 Å². The summed E-state index contributed by atoms with van der Waals surface area (Å²) in [5.41, 5.74) is 9.33. The van der Waals surface area contributed by atoms with Crippen molar-refractivity contribution in [2.24, 2.45) is 10.7 Å². The van der Waals surface area contributed by atoms with E-state index in [1.807, 2.05) is 19.9 Å². The van der Waals surface area contributed by atoms with Crippen molar-refractivity contribution < 1.29 is 19.1 Å². The Hall–Kier alpha value is -4.85. The second-order valence-corrected chi connectivity index (χ2v) is 8.50. The quantitative estimate of drug-likeness (QED) is 0.267. The van der Waals surface area contributed by atoms with Crippen LogP contribution in [0.2, 0.25) is 0 Å². The molecule has 1 heterocycles. The summed E-state index contributed by atoms with van der Waals surface area (Å²) >= 11 is 0. The van der Waals surface area contributed by atoms with Crippen LogP contribution >= 0.6 is 0 Å². The highest BCUT2D eigenvalue weighted by atomic mass is 16.5. The molecule has 0 bridgehead atoms. The third kappa shape index (κ3) is 5.54. The van der Waals surface area contributed by atoms with E-state index in [4.69, 9.17) is 14.9 Å². The van der Waals surface area contributed by atoms with E-state index in [-0.39, 0.29) is 22.8 Å². The van der Waals surface area contributed by atoms with Crippen LogP contribution in [0.3, 0.4) is 0 Å². The zero-order chi connectivity index (χ0) is 26.5. The monoisotopic (exact) mass is 497 g/mol. The van der Waals surface area contributed by atoms with E-state index in [2.05, 4.69) is 10.3 Å². The van der Waals surface area contributed by atoms with E-state index in [0.29, 0.717) is 39.2 Å². The standard InChI is InChI=1S/C29H27N3O5/c1-17-12-23(18(2)32-25-7-5-4-6-22(25)29(34)35)28-24(13-17)26(33)14-27(37-28)19(15-30)16-31-20-8-10-21(36-3)11-9-20/h4-16,18,32H,30H2,1-3H3,(H,34,35)/b19-15+,31-16?. The lowest BCUT2D eigenvalue weighted by atomic mass is 10.00. The molecule has 0 fully saturated rings. The topological polar surface area (TPSA) is 127 Å². The molecule has 4 N–H and O–H groups in total. The van der Waals surface area contributed by atoms with Crippen LogP contribution in [0.1, 0.15) is 40.2 Å². The molecular weight excluding hydrogens is 470 g/mol. The Balaban J connectivity index is 1.75. The van der Waals surface area contributed by atoms with Gasteiger partial charge in [-0.05, 0) is 61.9 Å². The van der Waals surface area contributed by atoms with Crippen LogP contribution in [-0.4, -0.2) is 24.4 Å². The second-order valence-electron chi connectivity index (χ2n) is 8.50. The first-order valence-electron chi connectivity index (χ1n) is 11.6. The number of carbonyl (C=O) groups is 1. The molecule has 8 heteroatoms. The van der Waals surface area contributed by atoms with Gasteiger partial charge in [0.2, 0.25) is 0 Å². The number of rotatable bonds is 8. The Kier molecular flexibility index (Phi) is 7.39. The fraction of sp³-hybridized carbons (Fsp3) is 0.138. The summed E-state index contributed by atoms with van der Waals surface area (Å²) in [6.45, 7) is 3.77. The van der Waals surface area contributed by atoms with Gasteiger partial charge in [0.15, 0.2) is 5.43 Å². The Morgan fingerprint density at radius 3 is 2.54 bits per heavy atom. The van der Waals surface area contributed by atoms with Gasteiger partial charge in [-0.15, -0.1) is 0 Å². The number of aromatic carboxylic acids is 1. The lowest BCUT2D eigenvalue weighted by Gasteiger charge is -2.19. The fourth-order valence-electron chi connectivity index (χ4n) is 4.01. The number of nitrogens with two attached hydrogens (primary N) is 1. The van der Waals surface area contributed by atoms with Gasteiger partial charge in [0.25, 0.3) is 0 Å². The number of hydrogen-bond donors (Lipinski definition) is 3. The summed E-state index contributed by atoms with van der Waals surface area (Å²) in [5, 5.41) is 13.2. The number of methoxy groups -OCH3 is 1. The number of anilines is 1. The van der Waals surface area contributed by atoms with Gasteiger partial charge < -0.3 is 25.3 Å². The van der Waals surface area contributed by atoms with Crippen LogP contribution in [0.25, 0.3) is 16.5 Å². The predicted molar refractivity (Wildman–Crippen MR) is 146 cm³/mol. The summed E-state index contributed by atoms with van der Waals surface area (Å²) in [4.78, 5) is 29.2. The number of aryl methyl sites for hydroxylation is 1. The number of nitrogens with one attached hydrogen (secondary N) is 1. The molecule has 4 aromatic rings. The average Bonchev–Trinajstić information content (AvgIpc) is 2.89. The zero-order valence-corrected chi connectivity index (χ0v) is 20.7. The summed E-state index contributed by atoms with van der Waals surface area (Å²) in [7, 11) is 1.59. The molecule has 0 aliphatic heterocycles. The summed E-state index contributed by atoms with van der Waals surface area (Å²) in [6.07, 6.45) is 2.86. The largest absolute Gasteiger partial charge is 0.497 e. The molecule has 0 radical (unpaired) electrons. The minimum atomic E-state index is -1.04. The normalized spacial score (nSPS) is 12.6. The van der Waals surface area contributed by atoms with Gasteiger partial charge in [-0.25, -0.2) is 4.79 Å². The van der Waals surface area contributed by atoms with E-state index in [1.165, 1.54) is 24.5 Å². The van der Waals surface area contributed by atoms with Crippen molar-refractivity contribution >= 4 is 40.1 Å².